The fraction of sp³-hybridized carbons (Fsp3) is 0.111. The number of hydrogen-bond donors (Lipinski definition) is 0. The van der Waals surface area contributed by atoms with Crippen LogP contribution in [0.3, 0.4) is 0 Å². The molecule has 0 amide bonds. The number of aryl methyl sites for hydroxylation is 2. The highest BCUT2D eigenvalue weighted by molar-refractivity contribution is 7.26. The van der Waals surface area contributed by atoms with E-state index < -0.39 is 0 Å². The Labute approximate surface area is 452 Å². The fourth-order valence-electron chi connectivity index (χ4n) is 12.3. The lowest BCUT2D eigenvalue weighted by Crippen LogP contribution is -2.14. The van der Waals surface area contributed by atoms with Gasteiger partial charge in [0.1, 0.15) is 0 Å². The molecule has 0 atom stereocenters. The van der Waals surface area contributed by atoms with Gasteiger partial charge in [0.15, 0.2) is 0 Å². The van der Waals surface area contributed by atoms with Crippen LogP contribution < -0.4 is 9.80 Å². The third kappa shape index (κ3) is 7.34. The van der Waals surface area contributed by atoms with Crippen LogP contribution in [0.15, 0.2) is 218 Å². The predicted molar refractivity (Wildman–Crippen MR) is 334 cm³/mol. The Bertz CT molecular complexity index is 4270. The van der Waals surface area contributed by atoms with Gasteiger partial charge in [0.2, 0.25) is 0 Å². The average molecular weight is 1010 g/mol. The van der Waals surface area contributed by atoms with Gasteiger partial charge in [-0.1, -0.05) is 198 Å². The van der Waals surface area contributed by atoms with Gasteiger partial charge in [-0.05, 0) is 140 Å². The molecule has 366 valence electrons. The van der Waals surface area contributed by atoms with E-state index in [1.165, 1.54) is 140 Å². The molecule has 0 N–H and O–H groups in total. The van der Waals surface area contributed by atoms with E-state index in [9.17, 15) is 0 Å². The van der Waals surface area contributed by atoms with Crippen molar-refractivity contribution in [1.29, 1.82) is 0 Å². The quantitative estimate of drug-likeness (QED) is 0.126. The van der Waals surface area contributed by atoms with Crippen LogP contribution in [0.4, 0.5) is 34.1 Å². The molecule has 0 aliphatic carbocycles. The summed E-state index contributed by atoms with van der Waals surface area (Å²) in [5.74, 6) is 0.494. The number of nitrogens with zero attached hydrogens (tertiary/aromatic N) is 2. The molecule has 0 bridgehead atoms. The second kappa shape index (κ2) is 18.2. The highest BCUT2D eigenvalue weighted by Gasteiger charge is 2.29. The Hall–Kier alpha value is -8.28. The van der Waals surface area contributed by atoms with E-state index in [2.05, 4.69) is 270 Å². The first-order valence-electron chi connectivity index (χ1n) is 26.7. The fourth-order valence-corrected chi connectivity index (χ4v) is 14.9. The highest BCUT2D eigenvalue weighted by atomic mass is 32.1. The maximum Gasteiger partial charge on any atom is 0.0669 e. The number of fused-ring (bicyclic) bond motifs is 6. The van der Waals surface area contributed by atoms with Crippen molar-refractivity contribution in [2.45, 2.75) is 53.4 Å². The van der Waals surface area contributed by atoms with Crippen molar-refractivity contribution < 1.29 is 0 Å². The van der Waals surface area contributed by atoms with Crippen LogP contribution in [-0.2, 0) is 0 Å². The average Bonchev–Trinajstić information content (AvgIpc) is 4.06. The molecule has 0 aliphatic heterocycles. The summed E-state index contributed by atoms with van der Waals surface area (Å²) >= 11 is 3.81. The van der Waals surface area contributed by atoms with Crippen LogP contribution in [0, 0.1) is 13.8 Å². The van der Waals surface area contributed by atoms with E-state index in [0.29, 0.717) is 0 Å². The van der Waals surface area contributed by atoms with Crippen molar-refractivity contribution in [3.8, 4) is 22.3 Å². The van der Waals surface area contributed by atoms with Crippen LogP contribution in [-0.4, -0.2) is 0 Å². The van der Waals surface area contributed by atoms with Crippen LogP contribution in [0.5, 0.6) is 0 Å². The first-order chi connectivity index (χ1) is 37.2. The summed E-state index contributed by atoms with van der Waals surface area (Å²) < 4.78 is 5.20. The maximum absolute atomic E-state index is 2.62. The van der Waals surface area contributed by atoms with E-state index in [0.717, 1.165) is 11.4 Å². The molecule has 0 saturated carbocycles. The summed E-state index contributed by atoms with van der Waals surface area (Å²) in [5.41, 5.74) is 17.1. The van der Waals surface area contributed by atoms with Gasteiger partial charge in [-0.2, -0.15) is 0 Å². The van der Waals surface area contributed by atoms with E-state index >= 15 is 0 Å². The predicted octanol–water partition coefficient (Wildman–Crippen LogP) is 22.5. The smallest absolute Gasteiger partial charge is 0.0669 e. The maximum atomic E-state index is 2.62. The van der Waals surface area contributed by atoms with Crippen LogP contribution in [0.25, 0.3) is 94.9 Å². The van der Waals surface area contributed by atoms with E-state index in [1.54, 1.807) is 0 Å². The first kappa shape index (κ1) is 46.3. The largest absolute Gasteiger partial charge is 0.308 e. The molecule has 0 radical (unpaired) electrons. The van der Waals surface area contributed by atoms with Gasteiger partial charge in [0.25, 0.3) is 0 Å². The van der Waals surface area contributed by atoms with E-state index in [1.807, 2.05) is 22.7 Å². The summed E-state index contributed by atoms with van der Waals surface area (Å²) in [7, 11) is 0. The molecular weight excluding hydrogens is 957 g/mol. The molecule has 0 unspecified atom stereocenters. The minimum absolute atomic E-state index is 0.247. The van der Waals surface area contributed by atoms with Crippen molar-refractivity contribution in [2.24, 2.45) is 0 Å². The van der Waals surface area contributed by atoms with Crippen molar-refractivity contribution in [3.63, 3.8) is 0 Å². The van der Waals surface area contributed by atoms with Gasteiger partial charge in [-0.25, -0.2) is 0 Å². The lowest BCUT2D eigenvalue weighted by Gasteiger charge is -2.33. The monoisotopic (exact) mass is 1010 g/mol. The third-order valence-electron chi connectivity index (χ3n) is 16.0. The van der Waals surface area contributed by atoms with Gasteiger partial charge in [0, 0.05) is 53.1 Å². The van der Waals surface area contributed by atoms with Gasteiger partial charge < -0.3 is 9.80 Å². The first-order valence-corrected chi connectivity index (χ1v) is 28.3. The molecule has 14 rings (SSSR count). The number of anilines is 6. The van der Waals surface area contributed by atoms with Crippen molar-refractivity contribution >= 4 is 129 Å². The molecular formula is C72H56N2S2. The molecule has 0 aliphatic rings. The Kier molecular flexibility index (Phi) is 11.1. The number of rotatable bonds is 10. The third-order valence-corrected chi connectivity index (χ3v) is 18.3. The van der Waals surface area contributed by atoms with E-state index in [4.69, 9.17) is 0 Å². The standard InChI is InChI=1S/C72H56N2S2/c1-43(2)61-41-63(73(51-25-17-23-49(39-51)47-19-9-7-10-20-47)69-45(5)31-33-57-53-27-13-15-29-65(53)75-71(57)69)59-38-36-56-62(44(3)4)42-64(60-37-35-55(61)67(59)68(56)60)74(52-26-18-24-50(40-52)48-21-11-8-12-22-48)70-46(6)32-34-58-54-28-14-16-30-66(54)76-72(58)70/h7-44H,1-6H3. The summed E-state index contributed by atoms with van der Waals surface area (Å²) in [6.07, 6.45) is 0. The van der Waals surface area contributed by atoms with E-state index in [-0.39, 0.29) is 11.8 Å². The molecule has 2 nitrogen and oxygen atoms in total. The zero-order valence-electron chi connectivity index (χ0n) is 43.7. The van der Waals surface area contributed by atoms with Crippen molar-refractivity contribution in [3.05, 3.63) is 241 Å². The number of thiophene rings is 2. The zero-order chi connectivity index (χ0) is 51.3. The molecule has 12 aromatic carbocycles. The Morgan fingerprint density at radius 1 is 0.316 bits per heavy atom. The summed E-state index contributed by atoms with van der Waals surface area (Å²) in [4.78, 5) is 5.24. The Morgan fingerprint density at radius 2 is 0.684 bits per heavy atom. The summed E-state index contributed by atoms with van der Waals surface area (Å²) in [6.45, 7) is 14.1. The van der Waals surface area contributed by atoms with Crippen molar-refractivity contribution in [1.82, 2.24) is 0 Å². The molecule has 0 saturated heterocycles. The summed E-state index contributed by atoms with van der Waals surface area (Å²) in [5, 5.41) is 12.9. The molecule has 4 heteroatoms. The molecule has 14 aromatic rings. The molecule has 2 aromatic heterocycles. The second-order valence-electron chi connectivity index (χ2n) is 21.3. The Morgan fingerprint density at radius 3 is 1.11 bits per heavy atom. The van der Waals surface area contributed by atoms with Gasteiger partial charge in [-0.3, -0.25) is 0 Å². The van der Waals surface area contributed by atoms with Gasteiger partial charge >= 0.3 is 0 Å². The number of benzene rings is 12. The Balaban J connectivity index is 1.11. The minimum Gasteiger partial charge on any atom is -0.308 e. The van der Waals surface area contributed by atoms with Crippen molar-refractivity contribution in [2.75, 3.05) is 9.80 Å². The lowest BCUT2D eigenvalue weighted by molar-refractivity contribution is 0.875. The molecule has 0 spiro atoms. The normalized spacial score (nSPS) is 12.1. The summed E-state index contributed by atoms with van der Waals surface area (Å²) in [6, 6.07) is 82.2. The van der Waals surface area contributed by atoms with Gasteiger partial charge in [0.05, 0.1) is 32.1 Å². The van der Waals surface area contributed by atoms with Crippen LogP contribution in [0.2, 0.25) is 0 Å². The molecule has 2 heterocycles. The topological polar surface area (TPSA) is 6.48 Å². The zero-order valence-corrected chi connectivity index (χ0v) is 45.3. The van der Waals surface area contributed by atoms with Gasteiger partial charge in [-0.15, -0.1) is 22.7 Å². The molecule has 0 fully saturated rings. The molecule has 76 heavy (non-hydrogen) atoms. The van der Waals surface area contributed by atoms with Crippen LogP contribution >= 0.6 is 22.7 Å². The minimum atomic E-state index is 0.247. The second-order valence-corrected chi connectivity index (χ2v) is 23.4. The highest BCUT2D eigenvalue weighted by Crippen LogP contribution is 2.55. The van der Waals surface area contributed by atoms with Crippen LogP contribution in [0.1, 0.15) is 61.8 Å². The lowest BCUT2D eigenvalue weighted by atomic mass is 9.84. The SMILES string of the molecule is Cc1ccc2c(sc3ccccc32)c1N(c1cccc(-c2ccccc2)c1)c1cc(C(C)C)c2ccc3c(N(c4cccc(-c5ccccc5)c4)c4c(C)ccc5c4sc4ccccc45)cc(C(C)C)c4ccc1c2c43. The number of hydrogen-bond acceptors (Lipinski definition) is 4.